The third-order valence-corrected chi connectivity index (χ3v) is 4.09. The summed E-state index contributed by atoms with van der Waals surface area (Å²) in [5.41, 5.74) is 1.97. The Morgan fingerprint density at radius 1 is 0.926 bits per heavy atom. The second-order valence-corrected chi connectivity index (χ2v) is 6.54. The maximum Gasteiger partial charge on any atom is 0.306 e. The van der Waals surface area contributed by atoms with E-state index < -0.39 is 18.5 Å². The smallest absolute Gasteiger partial charge is 0.306 e. The van der Waals surface area contributed by atoms with E-state index in [2.05, 4.69) is 10.6 Å². The fourth-order valence-corrected chi connectivity index (χ4v) is 2.59. The lowest BCUT2D eigenvalue weighted by Crippen LogP contribution is -2.22. The molecule has 27 heavy (non-hydrogen) atoms. The van der Waals surface area contributed by atoms with Gasteiger partial charge in [0.1, 0.15) is 0 Å². The van der Waals surface area contributed by atoms with Crippen LogP contribution in [0.1, 0.15) is 18.4 Å². The quantitative estimate of drug-likeness (QED) is 0.672. The number of rotatable bonds is 7. The molecule has 2 aromatic carbocycles. The van der Waals surface area contributed by atoms with Gasteiger partial charge in [0.25, 0.3) is 5.91 Å². The van der Waals surface area contributed by atoms with E-state index in [1.165, 1.54) is 6.07 Å². The molecule has 142 valence electrons. The molecule has 0 spiro atoms. The monoisotopic (exact) mass is 408 g/mol. The average Bonchev–Trinajstić information content (AvgIpc) is 2.62. The van der Waals surface area contributed by atoms with Crippen molar-refractivity contribution in [2.24, 2.45) is 0 Å². The maximum atomic E-state index is 11.9. The highest BCUT2D eigenvalue weighted by atomic mass is 35.5. The van der Waals surface area contributed by atoms with Crippen LogP contribution in [0.25, 0.3) is 0 Å². The van der Waals surface area contributed by atoms with Crippen molar-refractivity contribution in [3.8, 4) is 0 Å². The lowest BCUT2D eigenvalue weighted by Gasteiger charge is -2.09. The third kappa shape index (κ3) is 6.92. The number of halogens is 2. The van der Waals surface area contributed by atoms with E-state index >= 15 is 0 Å². The number of esters is 1. The van der Waals surface area contributed by atoms with Crippen LogP contribution in [0.3, 0.4) is 0 Å². The zero-order valence-corrected chi connectivity index (χ0v) is 16.1. The van der Waals surface area contributed by atoms with Crippen LogP contribution in [-0.2, 0) is 19.1 Å². The number of hydrogen-bond donors (Lipinski definition) is 2. The maximum absolute atomic E-state index is 11.9. The highest BCUT2D eigenvalue weighted by Crippen LogP contribution is 2.25. The average molecular weight is 409 g/mol. The van der Waals surface area contributed by atoms with Crippen LogP contribution in [0, 0.1) is 6.92 Å². The van der Waals surface area contributed by atoms with Crippen molar-refractivity contribution in [2.75, 3.05) is 17.2 Å². The fraction of sp³-hybridized carbons (Fsp3) is 0.211. The molecule has 0 aliphatic heterocycles. The van der Waals surface area contributed by atoms with Crippen LogP contribution >= 0.6 is 23.2 Å². The molecule has 6 nitrogen and oxygen atoms in total. The summed E-state index contributed by atoms with van der Waals surface area (Å²) >= 11 is 11.7. The number of anilines is 2. The van der Waals surface area contributed by atoms with Crippen molar-refractivity contribution in [1.29, 1.82) is 0 Å². The second-order valence-electron chi connectivity index (χ2n) is 5.70. The number of nitrogens with one attached hydrogen (secondary N) is 2. The highest BCUT2D eigenvalue weighted by Gasteiger charge is 2.12. The second kappa shape index (κ2) is 9.94. The Hall–Kier alpha value is -2.57. The third-order valence-electron chi connectivity index (χ3n) is 3.54. The SMILES string of the molecule is Cc1ccccc1NC(=O)CCC(=O)OCC(=O)Nc1ccc(Cl)cc1Cl. The number of hydrogen-bond acceptors (Lipinski definition) is 4. The molecule has 0 aliphatic rings. The number of benzene rings is 2. The number of amides is 2. The predicted octanol–water partition coefficient (Wildman–Crippen LogP) is 4.20. The first-order chi connectivity index (χ1) is 12.8. The van der Waals surface area contributed by atoms with Gasteiger partial charge in [-0.15, -0.1) is 0 Å². The van der Waals surface area contributed by atoms with Crippen LogP contribution in [0.4, 0.5) is 11.4 Å². The summed E-state index contributed by atoms with van der Waals surface area (Å²) in [6.45, 7) is 1.40. The Labute approximate surface area is 166 Å². The van der Waals surface area contributed by atoms with Gasteiger partial charge in [0.05, 0.1) is 17.1 Å². The molecule has 0 unspecified atom stereocenters. The lowest BCUT2D eigenvalue weighted by molar-refractivity contribution is -0.147. The van der Waals surface area contributed by atoms with Crippen LogP contribution < -0.4 is 10.6 Å². The van der Waals surface area contributed by atoms with Crippen molar-refractivity contribution in [1.82, 2.24) is 0 Å². The molecule has 2 rings (SSSR count). The van der Waals surface area contributed by atoms with E-state index in [1.807, 2.05) is 25.1 Å². The summed E-state index contributed by atoms with van der Waals surface area (Å²) in [6, 6.07) is 11.9. The zero-order valence-electron chi connectivity index (χ0n) is 14.6. The highest BCUT2D eigenvalue weighted by molar-refractivity contribution is 6.36. The van der Waals surface area contributed by atoms with E-state index in [-0.39, 0.29) is 23.8 Å². The molecule has 2 N–H and O–H groups in total. The number of para-hydroxylation sites is 1. The Morgan fingerprint density at radius 2 is 1.63 bits per heavy atom. The molecule has 2 amide bonds. The van der Waals surface area contributed by atoms with Gasteiger partial charge in [0, 0.05) is 17.1 Å². The summed E-state index contributed by atoms with van der Waals surface area (Å²) in [5.74, 6) is -1.50. The first-order valence-electron chi connectivity index (χ1n) is 8.11. The molecular formula is C19H18Cl2N2O4. The van der Waals surface area contributed by atoms with Gasteiger partial charge in [-0.2, -0.15) is 0 Å². The largest absolute Gasteiger partial charge is 0.456 e. The van der Waals surface area contributed by atoms with E-state index in [0.29, 0.717) is 16.4 Å². The van der Waals surface area contributed by atoms with Gasteiger partial charge >= 0.3 is 5.97 Å². The summed E-state index contributed by atoms with van der Waals surface area (Å²) in [6.07, 6.45) is -0.176. The minimum Gasteiger partial charge on any atom is -0.456 e. The van der Waals surface area contributed by atoms with E-state index in [0.717, 1.165) is 5.56 Å². The molecule has 0 radical (unpaired) electrons. The normalized spacial score (nSPS) is 10.2. The number of carbonyl (C=O) groups is 3. The molecule has 0 bridgehead atoms. The van der Waals surface area contributed by atoms with E-state index in [1.54, 1.807) is 18.2 Å². The van der Waals surface area contributed by atoms with E-state index in [4.69, 9.17) is 27.9 Å². The first kappa shape index (κ1) is 20.7. The minimum atomic E-state index is -0.646. The molecule has 0 aliphatic carbocycles. The number of carbonyl (C=O) groups excluding carboxylic acids is 3. The molecule has 8 heteroatoms. The van der Waals surface area contributed by atoms with Gasteiger partial charge in [0.2, 0.25) is 5.91 Å². The molecule has 0 saturated carbocycles. The first-order valence-corrected chi connectivity index (χ1v) is 8.87. The summed E-state index contributed by atoms with van der Waals surface area (Å²) in [4.78, 5) is 35.4. The van der Waals surface area contributed by atoms with E-state index in [9.17, 15) is 14.4 Å². The molecule has 0 heterocycles. The molecular weight excluding hydrogens is 391 g/mol. The topological polar surface area (TPSA) is 84.5 Å². The van der Waals surface area contributed by atoms with Gasteiger partial charge in [-0.25, -0.2) is 0 Å². The van der Waals surface area contributed by atoms with Crippen molar-refractivity contribution in [2.45, 2.75) is 19.8 Å². The Kier molecular flexibility index (Phi) is 7.64. The standard InChI is InChI=1S/C19H18Cl2N2O4/c1-12-4-2-3-5-15(12)22-17(24)8-9-19(26)27-11-18(25)23-16-7-6-13(20)10-14(16)21/h2-7,10H,8-9,11H2,1H3,(H,22,24)(H,23,25). The van der Waals surface area contributed by atoms with Crippen LogP contribution in [-0.4, -0.2) is 24.4 Å². The fourth-order valence-electron chi connectivity index (χ4n) is 2.14. The van der Waals surface area contributed by atoms with Gasteiger partial charge in [-0.1, -0.05) is 41.4 Å². The predicted molar refractivity (Wildman–Crippen MR) is 105 cm³/mol. The Bertz CT molecular complexity index is 855. The van der Waals surface area contributed by atoms with Crippen LogP contribution in [0.2, 0.25) is 10.0 Å². The molecule has 0 fully saturated rings. The number of ether oxygens (including phenoxy) is 1. The van der Waals surface area contributed by atoms with Crippen molar-refractivity contribution in [3.05, 3.63) is 58.1 Å². The Balaban J connectivity index is 1.71. The lowest BCUT2D eigenvalue weighted by atomic mass is 10.2. The van der Waals surface area contributed by atoms with Gasteiger partial charge in [-0.05, 0) is 36.8 Å². The van der Waals surface area contributed by atoms with Crippen LogP contribution in [0.5, 0.6) is 0 Å². The van der Waals surface area contributed by atoms with Crippen LogP contribution in [0.15, 0.2) is 42.5 Å². The molecule has 0 saturated heterocycles. The minimum absolute atomic E-state index is 0.0439. The summed E-state index contributed by atoms with van der Waals surface area (Å²) in [7, 11) is 0. The summed E-state index contributed by atoms with van der Waals surface area (Å²) in [5, 5.41) is 5.94. The van der Waals surface area contributed by atoms with Gasteiger partial charge in [-0.3, -0.25) is 14.4 Å². The van der Waals surface area contributed by atoms with Crippen molar-refractivity contribution in [3.63, 3.8) is 0 Å². The summed E-state index contributed by atoms with van der Waals surface area (Å²) < 4.78 is 4.86. The van der Waals surface area contributed by atoms with Crippen molar-refractivity contribution >= 4 is 52.4 Å². The molecule has 2 aromatic rings. The molecule has 0 aromatic heterocycles. The van der Waals surface area contributed by atoms with Crippen molar-refractivity contribution < 1.29 is 19.1 Å². The Morgan fingerprint density at radius 3 is 2.33 bits per heavy atom. The van der Waals surface area contributed by atoms with Gasteiger partial charge in [0.15, 0.2) is 6.61 Å². The molecule has 0 atom stereocenters. The number of aryl methyl sites for hydroxylation is 1. The zero-order chi connectivity index (χ0) is 19.8. The van der Waals surface area contributed by atoms with Gasteiger partial charge < -0.3 is 15.4 Å².